The Morgan fingerprint density at radius 3 is 2.84 bits per heavy atom. The summed E-state index contributed by atoms with van der Waals surface area (Å²) in [5.74, 6) is 0.381. The molecule has 1 aromatic carbocycles. The minimum absolute atomic E-state index is 0.314. The third-order valence-electron chi connectivity index (χ3n) is 2.43. The smallest absolute Gasteiger partial charge is 0.356 e. The molecule has 0 saturated carbocycles. The highest BCUT2D eigenvalue weighted by Crippen LogP contribution is 2.23. The minimum Gasteiger partial charge on any atom is -0.464 e. The summed E-state index contributed by atoms with van der Waals surface area (Å²) >= 11 is 7.56. The number of halogens is 1. The molecule has 0 aliphatic heterocycles. The molecule has 2 rings (SSSR count). The number of benzene rings is 1. The molecule has 0 saturated heterocycles. The van der Waals surface area contributed by atoms with E-state index in [0.29, 0.717) is 5.69 Å². The van der Waals surface area contributed by atoms with E-state index in [-0.39, 0.29) is 0 Å². The van der Waals surface area contributed by atoms with Crippen LogP contribution in [0, 0.1) is 0 Å². The van der Waals surface area contributed by atoms with Crippen molar-refractivity contribution in [3.8, 4) is 0 Å². The molecule has 0 unspecified atom stereocenters. The topological polar surface area (TPSA) is 39.2 Å². The largest absolute Gasteiger partial charge is 0.464 e. The van der Waals surface area contributed by atoms with Crippen LogP contribution in [-0.4, -0.2) is 18.1 Å². The first-order valence-electron chi connectivity index (χ1n) is 5.60. The summed E-state index contributed by atoms with van der Waals surface area (Å²) in [6, 6.07) is 11.2. The zero-order valence-electron chi connectivity index (χ0n) is 10.3. The number of methoxy groups -OCH3 is 1. The molecule has 19 heavy (non-hydrogen) atoms. The lowest BCUT2D eigenvalue weighted by Crippen LogP contribution is -2.03. The summed E-state index contributed by atoms with van der Waals surface area (Å²) in [4.78, 5) is 16.3. The van der Waals surface area contributed by atoms with Gasteiger partial charge < -0.3 is 4.74 Å². The second-order valence-corrected chi connectivity index (χ2v) is 5.27. The van der Waals surface area contributed by atoms with E-state index in [4.69, 9.17) is 11.6 Å². The van der Waals surface area contributed by atoms with Crippen molar-refractivity contribution in [1.82, 2.24) is 4.98 Å². The van der Waals surface area contributed by atoms with Crippen LogP contribution in [0.5, 0.6) is 0 Å². The first-order chi connectivity index (χ1) is 9.19. The predicted molar refractivity (Wildman–Crippen MR) is 76.6 cm³/mol. The second kappa shape index (κ2) is 6.59. The fourth-order valence-corrected chi connectivity index (χ4v) is 2.50. The fourth-order valence-electron chi connectivity index (χ4n) is 1.48. The van der Waals surface area contributed by atoms with Crippen LogP contribution in [0.3, 0.4) is 0 Å². The zero-order chi connectivity index (χ0) is 13.7. The third kappa shape index (κ3) is 3.98. The SMILES string of the molecule is COC(=O)c1ccc(SCc2cccc(Cl)c2)cn1. The van der Waals surface area contributed by atoms with Crippen molar-refractivity contribution >= 4 is 29.3 Å². The monoisotopic (exact) mass is 293 g/mol. The van der Waals surface area contributed by atoms with E-state index < -0.39 is 5.97 Å². The molecule has 0 radical (unpaired) electrons. The van der Waals surface area contributed by atoms with E-state index in [1.54, 1.807) is 24.0 Å². The summed E-state index contributed by atoms with van der Waals surface area (Å²) in [6.07, 6.45) is 1.67. The van der Waals surface area contributed by atoms with Crippen LogP contribution >= 0.6 is 23.4 Å². The second-order valence-electron chi connectivity index (χ2n) is 3.79. The van der Waals surface area contributed by atoms with Crippen LogP contribution in [0.15, 0.2) is 47.5 Å². The van der Waals surface area contributed by atoms with Gasteiger partial charge in [0, 0.05) is 21.9 Å². The van der Waals surface area contributed by atoms with Crippen LogP contribution in [0.2, 0.25) is 5.02 Å². The Balaban J connectivity index is 1.98. The normalized spacial score (nSPS) is 10.2. The Morgan fingerprint density at radius 1 is 1.37 bits per heavy atom. The standard InChI is InChI=1S/C14H12ClNO2S/c1-18-14(17)13-6-5-12(8-16-13)19-9-10-3-2-4-11(15)7-10/h2-8H,9H2,1H3. The molecule has 1 heterocycles. The molecule has 0 aliphatic carbocycles. The quantitative estimate of drug-likeness (QED) is 0.635. The maximum absolute atomic E-state index is 11.2. The van der Waals surface area contributed by atoms with Crippen molar-refractivity contribution in [3.05, 3.63) is 58.9 Å². The maximum atomic E-state index is 11.2. The number of hydrogen-bond acceptors (Lipinski definition) is 4. The van der Waals surface area contributed by atoms with Crippen molar-refractivity contribution < 1.29 is 9.53 Å². The lowest BCUT2D eigenvalue weighted by atomic mass is 10.2. The molecule has 0 aliphatic rings. The molecule has 2 aromatic rings. The van der Waals surface area contributed by atoms with E-state index in [9.17, 15) is 4.79 Å². The fraction of sp³-hybridized carbons (Fsp3) is 0.143. The minimum atomic E-state index is -0.425. The van der Waals surface area contributed by atoms with E-state index in [2.05, 4.69) is 9.72 Å². The van der Waals surface area contributed by atoms with Crippen LogP contribution in [-0.2, 0) is 10.5 Å². The first kappa shape index (κ1) is 13.9. The molecule has 0 atom stereocenters. The van der Waals surface area contributed by atoms with Crippen molar-refractivity contribution in [1.29, 1.82) is 0 Å². The Kier molecular flexibility index (Phi) is 4.82. The molecule has 0 fully saturated rings. The van der Waals surface area contributed by atoms with E-state index >= 15 is 0 Å². The van der Waals surface area contributed by atoms with Crippen LogP contribution in [0.4, 0.5) is 0 Å². The number of aromatic nitrogens is 1. The van der Waals surface area contributed by atoms with Gasteiger partial charge in [0.1, 0.15) is 5.69 Å². The van der Waals surface area contributed by atoms with Gasteiger partial charge in [-0.1, -0.05) is 23.7 Å². The lowest BCUT2D eigenvalue weighted by molar-refractivity contribution is 0.0594. The van der Waals surface area contributed by atoms with Gasteiger partial charge in [-0.05, 0) is 29.8 Å². The van der Waals surface area contributed by atoms with Crippen LogP contribution in [0.25, 0.3) is 0 Å². The number of carbonyl (C=O) groups excluding carboxylic acids is 1. The molecular weight excluding hydrogens is 282 g/mol. The summed E-state index contributed by atoms with van der Waals surface area (Å²) in [6.45, 7) is 0. The molecule has 0 N–H and O–H groups in total. The van der Waals surface area contributed by atoms with E-state index in [1.165, 1.54) is 7.11 Å². The number of thioether (sulfide) groups is 1. The number of esters is 1. The van der Waals surface area contributed by atoms with Gasteiger partial charge in [0.05, 0.1) is 7.11 Å². The number of pyridine rings is 1. The van der Waals surface area contributed by atoms with Crippen LogP contribution in [0.1, 0.15) is 16.1 Å². The summed E-state index contributed by atoms with van der Waals surface area (Å²) in [5, 5.41) is 0.734. The summed E-state index contributed by atoms with van der Waals surface area (Å²) in [5.41, 5.74) is 1.46. The van der Waals surface area contributed by atoms with Gasteiger partial charge >= 0.3 is 5.97 Å². The van der Waals surface area contributed by atoms with Crippen molar-refractivity contribution in [2.75, 3.05) is 7.11 Å². The van der Waals surface area contributed by atoms with Gasteiger partial charge in [-0.15, -0.1) is 11.8 Å². The Bertz CT molecular complexity index is 572. The third-order valence-corrected chi connectivity index (χ3v) is 3.71. The predicted octanol–water partition coefficient (Wildman–Crippen LogP) is 3.81. The van der Waals surface area contributed by atoms with Gasteiger partial charge in [0.25, 0.3) is 0 Å². The van der Waals surface area contributed by atoms with Gasteiger partial charge in [0.15, 0.2) is 0 Å². The average molecular weight is 294 g/mol. The highest BCUT2D eigenvalue weighted by Gasteiger charge is 2.06. The number of carbonyl (C=O) groups is 1. The van der Waals surface area contributed by atoms with Gasteiger partial charge in [-0.3, -0.25) is 0 Å². The number of hydrogen-bond donors (Lipinski definition) is 0. The van der Waals surface area contributed by atoms with Gasteiger partial charge in [-0.2, -0.15) is 0 Å². The Labute approximate surface area is 121 Å². The summed E-state index contributed by atoms with van der Waals surface area (Å²) in [7, 11) is 1.34. The van der Waals surface area contributed by atoms with Crippen LogP contribution < -0.4 is 0 Å². The molecule has 1 aromatic heterocycles. The van der Waals surface area contributed by atoms with Crippen molar-refractivity contribution in [2.24, 2.45) is 0 Å². The number of rotatable bonds is 4. The molecule has 0 spiro atoms. The molecular formula is C14H12ClNO2S. The molecule has 0 amide bonds. The summed E-state index contributed by atoms with van der Waals surface area (Å²) < 4.78 is 4.60. The lowest BCUT2D eigenvalue weighted by Gasteiger charge is -2.03. The Morgan fingerprint density at radius 2 is 2.21 bits per heavy atom. The molecule has 98 valence electrons. The average Bonchev–Trinajstić information content (AvgIpc) is 2.45. The number of ether oxygens (including phenoxy) is 1. The molecule has 3 nitrogen and oxygen atoms in total. The first-order valence-corrected chi connectivity index (χ1v) is 6.97. The van der Waals surface area contributed by atoms with Gasteiger partial charge in [0.2, 0.25) is 0 Å². The highest BCUT2D eigenvalue weighted by molar-refractivity contribution is 7.98. The van der Waals surface area contributed by atoms with Gasteiger partial charge in [-0.25, -0.2) is 9.78 Å². The van der Waals surface area contributed by atoms with Crippen molar-refractivity contribution in [3.63, 3.8) is 0 Å². The maximum Gasteiger partial charge on any atom is 0.356 e. The van der Waals surface area contributed by atoms with E-state index in [1.807, 2.05) is 30.3 Å². The molecule has 5 heteroatoms. The highest BCUT2D eigenvalue weighted by atomic mass is 35.5. The number of nitrogens with zero attached hydrogens (tertiary/aromatic N) is 1. The zero-order valence-corrected chi connectivity index (χ0v) is 11.9. The molecule has 0 bridgehead atoms. The van der Waals surface area contributed by atoms with Crippen molar-refractivity contribution in [2.45, 2.75) is 10.6 Å². The van der Waals surface area contributed by atoms with E-state index in [0.717, 1.165) is 21.2 Å². The Hall–Kier alpha value is -1.52.